The summed E-state index contributed by atoms with van der Waals surface area (Å²) in [5, 5.41) is 13.5. The first-order chi connectivity index (χ1) is 9.75. The second-order valence-corrected chi connectivity index (χ2v) is 4.92. The molecule has 0 saturated carbocycles. The largest absolute Gasteiger partial charge is 0.481 e. The van der Waals surface area contributed by atoms with Gasteiger partial charge in [0.15, 0.2) is 0 Å². The van der Waals surface area contributed by atoms with Crippen LogP contribution in [0.3, 0.4) is 0 Å². The van der Waals surface area contributed by atoms with Crippen LogP contribution in [-0.2, 0) is 16.1 Å². The van der Waals surface area contributed by atoms with Crippen molar-refractivity contribution in [3.63, 3.8) is 0 Å². The van der Waals surface area contributed by atoms with E-state index in [4.69, 9.17) is 4.74 Å². The number of carboxylic acids is 1. The Balaban J connectivity index is 1.85. The Kier molecular flexibility index (Phi) is 3.52. The second-order valence-electron chi connectivity index (χ2n) is 4.92. The Hall–Kier alpha value is -2.14. The molecule has 0 bridgehead atoms. The SMILES string of the molecule is O=C(O)[C@H]1CCO[C@@H]1c1ccnn1Cc1ccccc1. The molecule has 2 atom stereocenters. The van der Waals surface area contributed by atoms with Crippen LogP contribution in [0.2, 0.25) is 0 Å². The van der Waals surface area contributed by atoms with E-state index >= 15 is 0 Å². The molecular formula is C15H16N2O3. The fourth-order valence-electron chi connectivity index (χ4n) is 2.61. The summed E-state index contributed by atoms with van der Waals surface area (Å²) in [5.74, 6) is -1.29. The predicted octanol–water partition coefficient (Wildman–Crippen LogP) is 2.09. The van der Waals surface area contributed by atoms with Crippen LogP contribution in [0, 0.1) is 5.92 Å². The van der Waals surface area contributed by atoms with Gasteiger partial charge in [0.25, 0.3) is 0 Å². The number of ether oxygens (including phenoxy) is 1. The lowest BCUT2D eigenvalue weighted by Crippen LogP contribution is -2.20. The molecule has 2 heterocycles. The van der Waals surface area contributed by atoms with Gasteiger partial charge in [-0.15, -0.1) is 0 Å². The standard InChI is InChI=1S/C15H16N2O3/c18-15(19)12-7-9-20-14(12)13-6-8-16-17(13)10-11-4-2-1-3-5-11/h1-6,8,12,14H,7,9-10H2,(H,18,19)/t12-,14-/m0/s1. The van der Waals surface area contributed by atoms with Crippen LogP contribution in [0.15, 0.2) is 42.6 Å². The maximum Gasteiger partial charge on any atom is 0.309 e. The zero-order valence-electron chi connectivity index (χ0n) is 11.0. The fraction of sp³-hybridized carbons (Fsp3) is 0.333. The molecule has 0 radical (unpaired) electrons. The molecule has 1 aliphatic rings. The van der Waals surface area contributed by atoms with Crippen LogP contribution in [0.4, 0.5) is 0 Å². The minimum atomic E-state index is -0.806. The smallest absolute Gasteiger partial charge is 0.309 e. The van der Waals surface area contributed by atoms with Crippen LogP contribution in [0.25, 0.3) is 0 Å². The van der Waals surface area contributed by atoms with Gasteiger partial charge in [-0.25, -0.2) is 0 Å². The molecule has 1 aromatic heterocycles. The number of rotatable bonds is 4. The lowest BCUT2D eigenvalue weighted by atomic mass is 9.99. The molecule has 1 saturated heterocycles. The van der Waals surface area contributed by atoms with Crippen LogP contribution in [-0.4, -0.2) is 27.5 Å². The van der Waals surface area contributed by atoms with Crippen molar-refractivity contribution in [2.75, 3.05) is 6.61 Å². The molecule has 3 rings (SSSR count). The van der Waals surface area contributed by atoms with Crippen molar-refractivity contribution >= 4 is 5.97 Å². The molecule has 104 valence electrons. The summed E-state index contributed by atoms with van der Waals surface area (Å²) in [6.07, 6.45) is 1.84. The third kappa shape index (κ3) is 2.44. The van der Waals surface area contributed by atoms with Crippen molar-refractivity contribution in [1.29, 1.82) is 0 Å². The first-order valence-corrected chi connectivity index (χ1v) is 6.66. The maximum atomic E-state index is 11.3. The van der Waals surface area contributed by atoms with E-state index in [9.17, 15) is 9.90 Å². The van der Waals surface area contributed by atoms with E-state index in [2.05, 4.69) is 5.10 Å². The molecular weight excluding hydrogens is 256 g/mol. The molecule has 20 heavy (non-hydrogen) atoms. The summed E-state index contributed by atoms with van der Waals surface area (Å²) in [7, 11) is 0. The summed E-state index contributed by atoms with van der Waals surface area (Å²) < 4.78 is 7.43. The maximum absolute atomic E-state index is 11.3. The van der Waals surface area contributed by atoms with Gasteiger partial charge in [0.05, 0.1) is 18.2 Å². The minimum Gasteiger partial charge on any atom is -0.481 e. The Morgan fingerprint density at radius 1 is 1.35 bits per heavy atom. The van der Waals surface area contributed by atoms with E-state index in [1.165, 1.54) is 0 Å². The molecule has 1 aromatic carbocycles. The number of aliphatic carboxylic acids is 1. The summed E-state index contributed by atoms with van der Waals surface area (Å²) in [6.45, 7) is 1.10. The quantitative estimate of drug-likeness (QED) is 0.925. The number of hydrogen-bond acceptors (Lipinski definition) is 3. The average Bonchev–Trinajstić information content (AvgIpc) is 3.07. The number of carboxylic acid groups (broad SMARTS) is 1. The van der Waals surface area contributed by atoms with Crippen molar-refractivity contribution in [3.8, 4) is 0 Å². The van der Waals surface area contributed by atoms with Gasteiger partial charge in [0.1, 0.15) is 6.10 Å². The van der Waals surface area contributed by atoms with E-state index in [-0.39, 0.29) is 0 Å². The molecule has 5 heteroatoms. The molecule has 1 aliphatic heterocycles. The lowest BCUT2D eigenvalue weighted by Gasteiger charge is -2.17. The molecule has 0 aliphatic carbocycles. The Morgan fingerprint density at radius 3 is 2.90 bits per heavy atom. The average molecular weight is 272 g/mol. The van der Waals surface area contributed by atoms with Gasteiger partial charge in [-0.2, -0.15) is 5.10 Å². The number of aromatic nitrogens is 2. The van der Waals surface area contributed by atoms with Gasteiger partial charge in [0, 0.05) is 12.8 Å². The first kappa shape index (κ1) is 12.9. The first-order valence-electron chi connectivity index (χ1n) is 6.66. The Morgan fingerprint density at radius 2 is 2.15 bits per heavy atom. The van der Waals surface area contributed by atoms with Crippen molar-refractivity contribution < 1.29 is 14.6 Å². The van der Waals surface area contributed by atoms with Gasteiger partial charge in [-0.3, -0.25) is 9.48 Å². The summed E-state index contributed by atoms with van der Waals surface area (Å²) in [4.78, 5) is 11.3. The molecule has 0 spiro atoms. The van der Waals surface area contributed by atoms with E-state index in [0.717, 1.165) is 11.3 Å². The van der Waals surface area contributed by atoms with Crippen molar-refractivity contribution in [2.45, 2.75) is 19.1 Å². The third-order valence-corrected chi connectivity index (χ3v) is 3.62. The highest BCUT2D eigenvalue weighted by Crippen LogP contribution is 2.34. The zero-order chi connectivity index (χ0) is 13.9. The van der Waals surface area contributed by atoms with Crippen molar-refractivity contribution in [3.05, 3.63) is 53.9 Å². The lowest BCUT2D eigenvalue weighted by molar-refractivity contribution is -0.143. The van der Waals surface area contributed by atoms with Crippen LogP contribution < -0.4 is 0 Å². The molecule has 2 aromatic rings. The van der Waals surface area contributed by atoms with Crippen molar-refractivity contribution in [1.82, 2.24) is 9.78 Å². The molecule has 1 fully saturated rings. The van der Waals surface area contributed by atoms with Crippen LogP contribution >= 0.6 is 0 Å². The third-order valence-electron chi connectivity index (χ3n) is 3.62. The van der Waals surface area contributed by atoms with Gasteiger partial charge in [-0.1, -0.05) is 30.3 Å². The summed E-state index contributed by atoms with van der Waals surface area (Å²) >= 11 is 0. The Bertz CT molecular complexity index is 594. The number of hydrogen-bond donors (Lipinski definition) is 1. The molecule has 1 N–H and O–H groups in total. The number of nitrogens with zero attached hydrogens (tertiary/aromatic N) is 2. The van der Waals surface area contributed by atoms with E-state index < -0.39 is 18.0 Å². The van der Waals surface area contributed by atoms with E-state index in [1.807, 2.05) is 41.1 Å². The molecule has 5 nitrogen and oxygen atoms in total. The summed E-state index contributed by atoms with van der Waals surface area (Å²) in [5.41, 5.74) is 1.96. The number of benzene rings is 1. The van der Waals surface area contributed by atoms with Gasteiger partial charge in [0.2, 0.25) is 0 Å². The van der Waals surface area contributed by atoms with Crippen molar-refractivity contribution in [2.24, 2.45) is 5.92 Å². The van der Waals surface area contributed by atoms with Gasteiger partial charge >= 0.3 is 5.97 Å². The molecule has 0 unspecified atom stereocenters. The highest BCUT2D eigenvalue weighted by atomic mass is 16.5. The molecule has 0 amide bonds. The highest BCUT2D eigenvalue weighted by Gasteiger charge is 2.37. The zero-order valence-corrected chi connectivity index (χ0v) is 11.0. The predicted molar refractivity (Wildman–Crippen MR) is 72.2 cm³/mol. The fourth-order valence-corrected chi connectivity index (χ4v) is 2.61. The topological polar surface area (TPSA) is 64.3 Å². The van der Waals surface area contributed by atoms with Crippen LogP contribution in [0.1, 0.15) is 23.8 Å². The van der Waals surface area contributed by atoms with Crippen LogP contribution in [0.5, 0.6) is 0 Å². The highest BCUT2D eigenvalue weighted by molar-refractivity contribution is 5.71. The summed E-state index contributed by atoms with van der Waals surface area (Å²) in [6, 6.07) is 11.8. The Labute approximate surface area is 116 Å². The van der Waals surface area contributed by atoms with E-state index in [1.54, 1.807) is 6.20 Å². The van der Waals surface area contributed by atoms with Gasteiger partial charge < -0.3 is 9.84 Å². The van der Waals surface area contributed by atoms with Gasteiger partial charge in [-0.05, 0) is 18.1 Å². The minimum absolute atomic E-state index is 0.404. The second kappa shape index (κ2) is 5.46. The van der Waals surface area contributed by atoms with E-state index in [0.29, 0.717) is 19.6 Å². The monoisotopic (exact) mass is 272 g/mol. The number of carbonyl (C=O) groups is 1. The normalized spacial score (nSPS) is 22.0.